The summed E-state index contributed by atoms with van der Waals surface area (Å²) in [7, 11) is 0. The van der Waals surface area contributed by atoms with Crippen LogP contribution in [0, 0.1) is 5.82 Å². The maximum atomic E-state index is 13.4. The van der Waals surface area contributed by atoms with Crippen LogP contribution in [-0.2, 0) is 13.2 Å². The average Bonchev–Trinajstić information content (AvgIpc) is 2.87. The quantitative estimate of drug-likeness (QED) is 0.767. The number of halogens is 3. The van der Waals surface area contributed by atoms with Gasteiger partial charge >= 0.3 is 0 Å². The van der Waals surface area contributed by atoms with Crippen molar-refractivity contribution >= 4 is 27.5 Å². The van der Waals surface area contributed by atoms with Crippen LogP contribution in [0.1, 0.15) is 18.2 Å². The predicted octanol–water partition coefficient (Wildman–Crippen LogP) is 4.52. The van der Waals surface area contributed by atoms with Crippen LogP contribution in [-0.4, -0.2) is 6.54 Å². The minimum Gasteiger partial charge on any atom is -0.484 e. The Morgan fingerprint density at radius 2 is 2.20 bits per heavy atom. The lowest BCUT2D eigenvalue weighted by Crippen LogP contribution is -2.10. The van der Waals surface area contributed by atoms with Crippen LogP contribution in [0.4, 0.5) is 4.39 Å². The first kappa shape index (κ1) is 15.4. The molecule has 6 heteroatoms. The van der Waals surface area contributed by atoms with Gasteiger partial charge < -0.3 is 14.5 Å². The maximum Gasteiger partial charge on any atom is 0.146 e. The Bertz CT molecular complexity index is 589. The molecule has 108 valence electrons. The molecule has 0 amide bonds. The molecule has 0 radical (unpaired) electrons. The van der Waals surface area contributed by atoms with Crippen molar-refractivity contribution in [2.24, 2.45) is 0 Å². The van der Waals surface area contributed by atoms with E-state index < -0.39 is 5.82 Å². The molecule has 0 aliphatic rings. The van der Waals surface area contributed by atoms with Crippen LogP contribution < -0.4 is 10.1 Å². The van der Waals surface area contributed by atoms with Crippen molar-refractivity contribution in [3.63, 3.8) is 0 Å². The monoisotopic (exact) mass is 361 g/mol. The molecule has 1 aromatic heterocycles. The molecule has 3 nitrogen and oxygen atoms in total. The SMILES string of the molecule is CCNCc1coc(COc2cc(F)c(Cl)cc2Br)c1. The predicted molar refractivity (Wildman–Crippen MR) is 79.5 cm³/mol. The molecule has 0 saturated carbocycles. The van der Waals surface area contributed by atoms with E-state index >= 15 is 0 Å². The topological polar surface area (TPSA) is 34.4 Å². The zero-order chi connectivity index (χ0) is 14.5. The molecule has 0 aliphatic carbocycles. The Hall–Kier alpha value is -1.04. The van der Waals surface area contributed by atoms with Crippen molar-refractivity contribution in [2.75, 3.05) is 6.54 Å². The van der Waals surface area contributed by atoms with Crippen LogP contribution in [0.3, 0.4) is 0 Å². The summed E-state index contributed by atoms with van der Waals surface area (Å²) in [6.45, 7) is 3.91. The molecular formula is C14H14BrClFNO2. The normalized spacial score (nSPS) is 10.8. The minimum atomic E-state index is -0.517. The van der Waals surface area contributed by atoms with Gasteiger partial charge in [-0.25, -0.2) is 4.39 Å². The Balaban J connectivity index is 1.98. The molecule has 0 atom stereocenters. The van der Waals surface area contributed by atoms with Gasteiger partial charge in [-0.15, -0.1) is 0 Å². The second-order valence-corrected chi connectivity index (χ2v) is 5.45. The Labute approximate surface area is 130 Å². The van der Waals surface area contributed by atoms with Crippen molar-refractivity contribution in [1.29, 1.82) is 0 Å². The zero-order valence-electron chi connectivity index (χ0n) is 10.9. The fraction of sp³-hybridized carbons (Fsp3) is 0.286. The Kier molecular flexibility index (Phi) is 5.46. The van der Waals surface area contributed by atoms with E-state index in [2.05, 4.69) is 21.2 Å². The highest BCUT2D eigenvalue weighted by atomic mass is 79.9. The van der Waals surface area contributed by atoms with Crippen molar-refractivity contribution < 1.29 is 13.5 Å². The third-order valence-corrected chi connectivity index (χ3v) is 3.54. The number of furan rings is 1. The van der Waals surface area contributed by atoms with Crippen molar-refractivity contribution in [3.8, 4) is 5.75 Å². The number of hydrogen-bond acceptors (Lipinski definition) is 3. The summed E-state index contributed by atoms with van der Waals surface area (Å²) < 4.78 is 24.9. The lowest BCUT2D eigenvalue weighted by Gasteiger charge is -2.07. The molecule has 2 rings (SSSR count). The Morgan fingerprint density at radius 1 is 1.40 bits per heavy atom. The molecule has 1 aromatic carbocycles. The van der Waals surface area contributed by atoms with Crippen LogP contribution in [0.5, 0.6) is 5.75 Å². The first-order chi connectivity index (χ1) is 9.60. The zero-order valence-corrected chi connectivity index (χ0v) is 13.2. The van der Waals surface area contributed by atoms with Gasteiger partial charge in [0.15, 0.2) is 0 Å². The van der Waals surface area contributed by atoms with E-state index in [1.54, 1.807) is 6.26 Å². The summed E-state index contributed by atoms with van der Waals surface area (Å²) in [5, 5.41) is 3.25. The summed E-state index contributed by atoms with van der Waals surface area (Å²) in [4.78, 5) is 0. The fourth-order valence-electron chi connectivity index (χ4n) is 1.63. The van der Waals surface area contributed by atoms with E-state index in [-0.39, 0.29) is 11.6 Å². The van der Waals surface area contributed by atoms with Gasteiger partial charge in [0.2, 0.25) is 0 Å². The second kappa shape index (κ2) is 7.11. The number of rotatable bonds is 6. The van der Waals surface area contributed by atoms with E-state index in [4.69, 9.17) is 20.8 Å². The standard InChI is InChI=1S/C14H14BrClFNO2/c1-2-18-6-9-3-10(19-7-9)8-20-14-5-13(17)12(16)4-11(14)15/h3-5,7,18H,2,6,8H2,1H3. The summed E-state index contributed by atoms with van der Waals surface area (Å²) in [5.41, 5.74) is 1.05. The van der Waals surface area contributed by atoms with Crippen LogP contribution in [0.2, 0.25) is 5.02 Å². The average molecular weight is 363 g/mol. The van der Waals surface area contributed by atoms with Gasteiger partial charge in [0.1, 0.15) is 23.9 Å². The first-order valence-corrected chi connectivity index (χ1v) is 7.31. The van der Waals surface area contributed by atoms with Crippen LogP contribution >= 0.6 is 27.5 Å². The number of ether oxygens (including phenoxy) is 1. The maximum absolute atomic E-state index is 13.4. The minimum absolute atomic E-state index is 0.0511. The molecule has 0 unspecified atom stereocenters. The van der Waals surface area contributed by atoms with Crippen LogP contribution in [0.15, 0.2) is 33.4 Å². The Morgan fingerprint density at radius 3 is 2.95 bits per heavy atom. The van der Waals surface area contributed by atoms with Gasteiger partial charge in [0.05, 0.1) is 15.8 Å². The third-order valence-electron chi connectivity index (χ3n) is 2.63. The summed E-state index contributed by atoms with van der Waals surface area (Å²) in [6.07, 6.45) is 1.68. The fourth-order valence-corrected chi connectivity index (χ4v) is 2.38. The van der Waals surface area contributed by atoms with Gasteiger partial charge in [-0.2, -0.15) is 0 Å². The number of benzene rings is 1. The lowest BCUT2D eigenvalue weighted by atomic mass is 10.3. The van der Waals surface area contributed by atoms with Crippen LogP contribution in [0.25, 0.3) is 0 Å². The van der Waals surface area contributed by atoms with Gasteiger partial charge in [0.25, 0.3) is 0 Å². The van der Waals surface area contributed by atoms with Gasteiger partial charge in [-0.05, 0) is 34.6 Å². The molecule has 0 spiro atoms. The number of hydrogen-bond donors (Lipinski definition) is 1. The van der Waals surface area contributed by atoms with E-state index in [1.165, 1.54) is 12.1 Å². The third kappa shape index (κ3) is 3.98. The number of nitrogens with one attached hydrogen (secondary N) is 1. The van der Waals surface area contributed by atoms with E-state index in [0.29, 0.717) is 16.0 Å². The molecule has 0 fully saturated rings. The van der Waals surface area contributed by atoms with Gasteiger partial charge in [-0.1, -0.05) is 18.5 Å². The molecule has 0 bridgehead atoms. The second-order valence-electron chi connectivity index (χ2n) is 4.19. The highest BCUT2D eigenvalue weighted by Gasteiger charge is 2.09. The molecule has 1 heterocycles. The highest BCUT2D eigenvalue weighted by molar-refractivity contribution is 9.10. The summed E-state index contributed by atoms with van der Waals surface area (Å²) >= 11 is 8.95. The van der Waals surface area contributed by atoms with E-state index in [0.717, 1.165) is 18.7 Å². The van der Waals surface area contributed by atoms with E-state index in [9.17, 15) is 4.39 Å². The van der Waals surface area contributed by atoms with E-state index in [1.807, 2.05) is 13.0 Å². The summed E-state index contributed by atoms with van der Waals surface area (Å²) in [5.74, 6) is 0.550. The van der Waals surface area contributed by atoms with Crippen molar-refractivity contribution in [2.45, 2.75) is 20.1 Å². The molecule has 0 saturated heterocycles. The molecule has 1 N–H and O–H groups in total. The van der Waals surface area contributed by atoms with Gasteiger partial charge in [0, 0.05) is 18.2 Å². The molecule has 20 heavy (non-hydrogen) atoms. The molecule has 0 aliphatic heterocycles. The van der Waals surface area contributed by atoms with Gasteiger partial charge in [-0.3, -0.25) is 0 Å². The molecular weight excluding hydrogens is 349 g/mol. The summed E-state index contributed by atoms with van der Waals surface area (Å²) in [6, 6.07) is 4.61. The smallest absolute Gasteiger partial charge is 0.146 e. The lowest BCUT2D eigenvalue weighted by molar-refractivity contribution is 0.267. The van der Waals surface area contributed by atoms with Crippen molar-refractivity contribution in [1.82, 2.24) is 5.32 Å². The largest absolute Gasteiger partial charge is 0.484 e. The van der Waals surface area contributed by atoms with Crippen molar-refractivity contribution in [3.05, 3.63) is 51.1 Å². The highest BCUT2D eigenvalue weighted by Crippen LogP contribution is 2.31. The first-order valence-electron chi connectivity index (χ1n) is 6.14. The molecule has 2 aromatic rings.